The second-order valence-electron chi connectivity index (χ2n) is 5.28. The molecule has 2 rings (SSSR count). The number of amides is 1. The molecule has 7 nitrogen and oxygen atoms in total. The molecule has 0 radical (unpaired) electrons. The molecule has 1 aromatic rings. The van der Waals surface area contributed by atoms with E-state index in [1.165, 1.54) is 6.07 Å². The smallest absolute Gasteiger partial charge is 0.416 e. The normalized spacial score (nSPS) is 19.5. The molecule has 1 aromatic carbocycles. The molecule has 0 aromatic heterocycles. The molecule has 1 aliphatic heterocycles. The number of aliphatic hydroxyl groups is 3. The van der Waals surface area contributed by atoms with Gasteiger partial charge in [0.05, 0.1) is 18.2 Å². The SMILES string of the molecule is O=C(O)NCC(O)C(O)(O)C1Cc2ccc(C(F)(F)F)cc2SN1. The topological polar surface area (TPSA) is 122 Å². The van der Waals surface area contributed by atoms with Crippen LogP contribution in [-0.4, -0.2) is 51.0 Å². The summed E-state index contributed by atoms with van der Waals surface area (Å²) in [6, 6.07) is 1.96. The summed E-state index contributed by atoms with van der Waals surface area (Å²) in [4.78, 5) is 10.7. The first-order chi connectivity index (χ1) is 11.0. The highest BCUT2D eigenvalue weighted by Gasteiger charge is 2.44. The van der Waals surface area contributed by atoms with E-state index in [2.05, 4.69) is 4.72 Å². The highest BCUT2D eigenvalue weighted by molar-refractivity contribution is 7.97. The minimum absolute atomic E-state index is 0.0579. The zero-order chi connectivity index (χ0) is 18.1. The molecule has 0 bridgehead atoms. The Morgan fingerprint density at radius 1 is 1.42 bits per heavy atom. The van der Waals surface area contributed by atoms with E-state index in [1.807, 2.05) is 5.32 Å². The number of aliphatic hydroxyl groups excluding tert-OH is 1. The summed E-state index contributed by atoms with van der Waals surface area (Å²) in [7, 11) is 0. The summed E-state index contributed by atoms with van der Waals surface area (Å²) < 4.78 is 40.6. The molecule has 1 amide bonds. The van der Waals surface area contributed by atoms with Gasteiger partial charge in [-0.15, -0.1) is 0 Å². The molecule has 0 saturated heterocycles. The number of carboxylic acid groups (broad SMARTS) is 1. The second-order valence-corrected chi connectivity index (χ2v) is 6.16. The van der Waals surface area contributed by atoms with Gasteiger partial charge in [-0.25, -0.2) is 4.79 Å². The fraction of sp³-hybridized carbons (Fsp3) is 0.462. The van der Waals surface area contributed by atoms with Gasteiger partial charge in [-0.2, -0.15) is 13.2 Å². The number of carbonyl (C=O) groups is 1. The van der Waals surface area contributed by atoms with Crippen LogP contribution in [0.2, 0.25) is 0 Å². The molecule has 0 spiro atoms. The highest BCUT2D eigenvalue weighted by atomic mass is 32.2. The molecule has 2 unspecified atom stereocenters. The summed E-state index contributed by atoms with van der Waals surface area (Å²) in [6.07, 6.45) is -7.82. The van der Waals surface area contributed by atoms with Gasteiger partial charge in [-0.05, 0) is 36.1 Å². The van der Waals surface area contributed by atoms with Gasteiger partial charge in [0.15, 0.2) is 0 Å². The van der Waals surface area contributed by atoms with Gasteiger partial charge in [0.1, 0.15) is 6.10 Å². The Morgan fingerprint density at radius 3 is 2.67 bits per heavy atom. The standard InChI is InChI=1S/C13H15F3N2O5S/c14-13(15,16)7-2-1-6-3-9(18-24-8(6)4-7)12(22,23)10(19)5-17-11(20)21/h1-2,4,9-10,17-19,22-23H,3,5H2,(H,20,21). The van der Waals surface area contributed by atoms with Gasteiger partial charge in [0, 0.05) is 4.90 Å². The lowest BCUT2D eigenvalue weighted by Gasteiger charge is -2.37. The first kappa shape index (κ1) is 18.8. The van der Waals surface area contributed by atoms with Gasteiger partial charge < -0.3 is 25.7 Å². The molecule has 134 valence electrons. The van der Waals surface area contributed by atoms with Crippen LogP contribution in [0.5, 0.6) is 0 Å². The molecule has 6 N–H and O–H groups in total. The van der Waals surface area contributed by atoms with Crippen molar-refractivity contribution in [3.63, 3.8) is 0 Å². The van der Waals surface area contributed by atoms with Crippen LogP contribution < -0.4 is 10.0 Å². The van der Waals surface area contributed by atoms with Crippen LogP contribution in [0, 0.1) is 0 Å². The van der Waals surface area contributed by atoms with Crippen molar-refractivity contribution in [1.29, 1.82) is 0 Å². The fourth-order valence-corrected chi connectivity index (χ4v) is 3.19. The molecule has 1 heterocycles. The maximum absolute atomic E-state index is 12.7. The molecule has 0 aliphatic carbocycles. The number of halogens is 3. The van der Waals surface area contributed by atoms with Crippen molar-refractivity contribution in [2.75, 3.05) is 6.54 Å². The summed E-state index contributed by atoms with van der Waals surface area (Å²) in [5.74, 6) is -2.68. The summed E-state index contributed by atoms with van der Waals surface area (Å²) >= 11 is 0.778. The summed E-state index contributed by atoms with van der Waals surface area (Å²) in [6.45, 7) is -0.620. The van der Waals surface area contributed by atoms with E-state index in [1.54, 1.807) is 0 Å². The number of rotatable bonds is 4. The quantitative estimate of drug-likeness (QED) is 0.339. The first-order valence-corrected chi connectivity index (χ1v) is 7.55. The maximum Gasteiger partial charge on any atom is 0.416 e. The fourth-order valence-electron chi connectivity index (χ4n) is 2.19. The molecule has 2 atom stereocenters. The lowest BCUT2D eigenvalue weighted by molar-refractivity contribution is -0.237. The van der Waals surface area contributed by atoms with E-state index in [-0.39, 0.29) is 11.3 Å². The van der Waals surface area contributed by atoms with E-state index in [0.29, 0.717) is 5.56 Å². The number of nitrogens with one attached hydrogen (secondary N) is 2. The molecular weight excluding hydrogens is 353 g/mol. The molecule has 0 fully saturated rings. The molecule has 24 heavy (non-hydrogen) atoms. The predicted octanol–water partition coefficient (Wildman–Crippen LogP) is 0.536. The predicted molar refractivity (Wildman–Crippen MR) is 77.1 cm³/mol. The van der Waals surface area contributed by atoms with Gasteiger partial charge in [0.2, 0.25) is 5.79 Å². The second kappa shape index (κ2) is 6.76. The van der Waals surface area contributed by atoms with Gasteiger partial charge in [-0.3, -0.25) is 4.72 Å². The van der Waals surface area contributed by atoms with Crippen molar-refractivity contribution < 1.29 is 38.4 Å². The number of alkyl halides is 3. The average molecular weight is 368 g/mol. The highest BCUT2D eigenvalue weighted by Crippen LogP contribution is 2.36. The van der Waals surface area contributed by atoms with E-state index in [9.17, 15) is 33.3 Å². The number of fused-ring (bicyclic) bond motifs is 1. The largest absolute Gasteiger partial charge is 0.465 e. The van der Waals surface area contributed by atoms with Crippen LogP contribution in [0.15, 0.2) is 23.1 Å². The summed E-state index contributed by atoms with van der Waals surface area (Å²) in [5, 5.41) is 40.1. The van der Waals surface area contributed by atoms with Crippen LogP contribution in [0.25, 0.3) is 0 Å². The van der Waals surface area contributed by atoms with Gasteiger partial charge in [-0.1, -0.05) is 6.07 Å². The third-order valence-corrected chi connectivity index (χ3v) is 4.58. The van der Waals surface area contributed by atoms with Crippen molar-refractivity contribution in [3.8, 4) is 0 Å². The Kier molecular flexibility index (Phi) is 5.30. The zero-order valence-corrected chi connectivity index (χ0v) is 12.9. The molecule has 0 saturated carbocycles. The van der Waals surface area contributed by atoms with Crippen LogP contribution in [0.4, 0.5) is 18.0 Å². The maximum atomic E-state index is 12.7. The third-order valence-electron chi connectivity index (χ3n) is 3.58. The van der Waals surface area contributed by atoms with Crippen LogP contribution in [0.3, 0.4) is 0 Å². The monoisotopic (exact) mass is 368 g/mol. The van der Waals surface area contributed by atoms with Crippen LogP contribution in [0.1, 0.15) is 11.1 Å². The van der Waals surface area contributed by atoms with Crippen LogP contribution >= 0.6 is 11.9 Å². The van der Waals surface area contributed by atoms with Gasteiger partial charge >= 0.3 is 12.3 Å². The van der Waals surface area contributed by atoms with E-state index in [0.717, 1.165) is 24.1 Å². The minimum Gasteiger partial charge on any atom is -0.465 e. The Balaban J connectivity index is 2.13. The number of benzene rings is 1. The third kappa shape index (κ3) is 4.11. The number of hydrogen-bond acceptors (Lipinski definition) is 6. The van der Waals surface area contributed by atoms with Crippen LogP contribution in [-0.2, 0) is 12.6 Å². The zero-order valence-electron chi connectivity index (χ0n) is 12.0. The number of hydrogen-bond donors (Lipinski definition) is 6. The van der Waals surface area contributed by atoms with E-state index < -0.39 is 42.3 Å². The van der Waals surface area contributed by atoms with Crippen molar-refractivity contribution in [1.82, 2.24) is 10.0 Å². The summed E-state index contributed by atoms with van der Waals surface area (Å²) in [5.41, 5.74) is -0.374. The Bertz CT molecular complexity index is 626. The average Bonchev–Trinajstić information content (AvgIpc) is 2.50. The van der Waals surface area contributed by atoms with Crippen molar-refractivity contribution >= 4 is 18.0 Å². The molecular formula is C13H15F3N2O5S. The van der Waals surface area contributed by atoms with E-state index in [4.69, 9.17) is 5.11 Å². The lowest BCUT2D eigenvalue weighted by Crippen LogP contribution is -2.61. The van der Waals surface area contributed by atoms with Crippen molar-refractivity contribution in [3.05, 3.63) is 29.3 Å². The molecule has 11 heteroatoms. The van der Waals surface area contributed by atoms with E-state index >= 15 is 0 Å². The minimum atomic E-state index is -4.48. The van der Waals surface area contributed by atoms with Gasteiger partial charge in [0.25, 0.3) is 0 Å². The lowest BCUT2D eigenvalue weighted by atomic mass is 9.94. The first-order valence-electron chi connectivity index (χ1n) is 6.74. The Morgan fingerprint density at radius 2 is 2.08 bits per heavy atom. The molecule has 1 aliphatic rings. The Hall–Kier alpha value is -1.53. The van der Waals surface area contributed by atoms with Crippen molar-refractivity contribution in [2.45, 2.75) is 35.4 Å². The van der Waals surface area contributed by atoms with Crippen molar-refractivity contribution in [2.24, 2.45) is 0 Å². The Labute approximate surface area is 138 Å².